The Morgan fingerprint density at radius 2 is 1.55 bits per heavy atom. The lowest BCUT2D eigenvalue weighted by Crippen LogP contribution is -2.49. The van der Waals surface area contributed by atoms with Crippen molar-refractivity contribution in [3.63, 3.8) is 0 Å². The van der Waals surface area contributed by atoms with Crippen molar-refractivity contribution in [3.8, 4) is 0 Å². The second kappa shape index (κ2) is 14.3. The summed E-state index contributed by atoms with van der Waals surface area (Å²) in [6.07, 6.45) is 2.19. The third kappa shape index (κ3) is 12.2. The Morgan fingerprint density at radius 3 is 2.00 bits per heavy atom. The van der Waals surface area contributed by atoms with Crippen molar-refractivity contribution in [1.29, 1.82) is 0 Å². The van der Waals surface area contributed by atoms with Gasteiger partial charge in [-0.05, 0) is 56.7 Å². The van der Waals surface area contributed by atoms with Crippen molar-refractivity contribution in [1.82, 2.24) is 4.90 Å². The molecule has 0 aliphatic carbocycles. The number of carbonyl (C=O) groups is 3. The summed E-state index contributed by atoms with van der Waals surface area (Å²) in [5.41, 5.74) is -0.297. The number of benzene rings is 1. The average molecular weight is 560 g/mol. The Hall–Kier alpha value is -3.42. The van der Waals surface area contributed by atoms with Crippen LogP contribution in [0.15, 0.2) is 61.2 Å². The molecule has 40 heavy (non-hydrogen) atoms. The van der Waals surface area contributed by atoms with Gasteiger partial charge in [-0.15, -0.1) is 0 Å². The highest BCUT2D eigenvalue weighted by Gasteiger charge is 2.38. The van der Waals surface area contributed by atoms with Crippen LogP contribution in [0.5, 0.6) is 0 Å². The number of allylic oxidation sites excluding steroid dienone is 2. The standard InChI is InChI=1S/C32H46FNO6/c1-12-14-22(13-2)21-38-28(36)26(19-23-15-17-24(18-16-23)30(3,4)5)39-27(35)25(20-32(9,10)33)34(11)29(37)40-31(6,7)8/h12-18,25-26H,1-2,19-21H2,3-11H3/b22-14+/t25-,26+/m0/s1. The van der Waals surface area contributed by atoms with Gasteiger partial charge in [0.1, 0.15) is 23.9 Å². The predicted molar refractivity (Wildman–Crippen MR) is 156 cm³/mol. The third-order valence-electron chi connectivity index (χ3n) is 5.84. The average Bonchev–Trinajstić information content (AvgIpc) is 2.82. The number of halogens is 1. The number of hydrogen-bond donors (Lipinski definition) is 0. The molecule has 0 heterocycles. The van der Waals surface area contributed by atoms with E-state index in [-0.39, 0.29) is 24.9 Å². The molecule has 0 saturated heterocycles. The second-order valence-corrected chi connectivity index (χ2v) is 12.4. The Balaban J connectivity index is 3.32. The molecule has 0 aromatic heterocycles. The summed E-state index contributed by atoms with van der Waals surface area (Å²) < 4.78 is 31.2. The lowest BCUT2D eigenvalue weighted by molar-refractivity contribution is -0.170. The summed E-state index contributed by atoms with van der Waals surface area (Å²) in [5.74, 6) is -1.74. The largest absolute Gasteiger partial charge is 0.458 e. The van der Waals surface area contributed by atoms with E-state index in [1.807, 2.05) is 24.3 Å². The van der Waals surface area contributed by atoms with Gasteiger partial charge in [0, 0.05) is 19.9 Å². The highest BCUT2D eigenvalue weighted by atomic mass is 19.1. The lowest BCUT2D eigenvalue weighted by Gasteiger charge is -2.32. The Bertz CT molecular complexity index is 1070. The third-order valence-corrected chi connectivity index (χ3v) is 5.84. The molecule has 0 N–H and O–H groups in total. The van der Waals surface area contributed by atoms with Crippen LogP contribution in [0.2, 0.25) is 0 Å². The molecule has 0 radical (unpaired) electrons. The van der Waals surface area contributed by atoms with Crippen LogP contribution in [0.25, 0.3) is 0 Å². The molecule has 0 bridgehead atoms. The fraction of sp³-hybridized carbons (Fsp3) is 0.531. The van der Waals surface area contributed by atoms with E-state index in [0.717, 1.165) is 16.0 Å². The summed E-state index contributed by atoms with van der Waals surface area (Å²) in [6, 6.07) is 6.27. The van der Waals surface area contributed by atoms with Crippen LogP contribution in [-0.2, 0) is 35.6 Å². The van der Waals surface area contributed by atoms with Crippen LogP contribution in [0.1, 0.15) is 72.9 Å². The van der Waals surface area contributed by atoms with Gasteiger partial charge in [0.05, 0.1) is 0 Å². The molecule has 1 rings (SSSR count). The normalized spacial score (nSPS) is 14.0. The number of alkyl halides is 1. The molecule has 8 heteroatoms. The molecule has 7 nitrogen and oxygen atoms in total. The summed E-state index contributed by atoms with van der Waals surface area (Å²) in [7, 11) is 1.33. The number of nitrogens with zero attached hydrogens (tertiary/aromatic N) is 1. The molecule has 0 unspecified atom stereocenters. The van der Waals surface area contributed by atoms with E-state index in [2.05, 4.69) is 33.9 Å². The zero-order valence-electron chi connectivity index (χ0n) is 25.5. The van der Waals surface area contributed by atoms with E-state index in [1.165, 1.54) is 33.0 Å². The van der Waals surface area contributed by atoms with Crippen molar-refractivity contribution in [2.45, 2.75) is 97.1 Å². The molecule has 2 atom stereocenters. The fourth-order valence-electron chi connectivity index (χ4n) is 3.62. The smallest absolute Gasteiger partial charge is 0.410 e. The summed E-state index contributed by atoms with van der Waals surface area (Å²) in [5, 5.41) is 0. The van der Waals surface area contributed by atoms with E-state index < -0.39 is 41.4 Å². The van der Waals surface area contributed by atoms with E-state index in [9.17, 15) is 18.8 Å². The highest BCUT2D eigenvalue weighted by Crippen LogP contribution is 2.25. The number of carbonyl (C=O) groups excluding carboxylic acids is 3. The predicted octanol–water partition coefficient (Wildman–Crippen LogP) is 6.65. The van der Waals surface area contributed by atoms with E-state index in [4.69, 9.17) is 14.2 Å². The van der Waals surface area contributed by atoms with Crippen LogP contribution in [0, 0.1) is 0 Å². The minimum absolute atomic E-state index is 0.0193. The molecule has 1 aromatic rings. The molecule has 222 valence electrons. The van der Waals surface area contributed by atoms with Gasteiger partial charge in [-0.25, -0.2) is 18.8 Å². The van der Waals surface area contributed by atoms with Gasteiger partial charge < -0.3 is 14.2 Å². The van der Waals surface area contributed by atoms with Crippen molar-refractivity contribution >= 4 is 18.0 Å². The Kier molecular flexibility index (Phi) is 12.4. The lowest BCUT2D eigenvalue weighted by atomic mass is 9.86. The van der Waals surface area contributed by atoms with Crippen molar-refractivity contribution in [2.75, 3.05) is 13.7 Å². The van der Waals surface area contributed by atoms with Crippen molar-refractivity contribution < 1.29 is 33.0 Å². The van der Waals surface area contributed by atoms with Gasteiger partial charge in [-0.1, -0.05) is 76.4 Å². The van der Waals surface area contributed by atoms with Crippen LogP contribution >= 0.6 is 0 Å². The van der Waals surface area contributed by atoms with Crippen LogP contribution in [-0.4, -0.2) is 60.0 Å². The van der Waals surface area contributed by atoms with Crippen LogP contribution in [0.3, 0.4) is 0 Å². The number of hydrogen-bond acceptors (Lipinski definition) is 6. The van der Waals surface area contributed by atoms with E-state index in [1.54, 1.807) is 26.8 Å². The maximum absolute atomic E-state index is 14.8. The minimum Gasteiger partial charge on any atom is -0.458 e. The number of ether oxygens (including phenoxy) is 3. The number of likely N-dealkylation sites (N-methyl/N-ethyl adjacent to an activating group) is 1. The fourth-order valence-corrected chi connectivity index (χ4v) is 3.62. The molecule has 1 amide bonds. The topological polar surface area (TPSA) is 82.1 Å². The van der Waals surface area contributed by atoms with E-state index in [0.29, 0.717) is 5.57 Å². The monoisotopic (exact) mass is 559 g/mol. The summed E-state index contributed by atoms with van der Waals surface area (Å²) in [4.78, 5) is 40.3. The first-order valence-electron chi connectivity index (χ1n) is 13.3. The molecule has 0 spiro atoms. The molecular weight excluding hydrogens is 513 g/mol. The maximum Gasteiger partial charge on any atom is 0.410 e. The Morgan fingerprint density at radius 1 is 0.975 bits per heavy atom. The van der Waals surface area contributed by atoms with Gasteiger partial charge in [0.2, 0.25) is 6.10 Å². The number of amides is 1. The quantitative estimate of drug-likeness (QED) is 0.162. The first kappa shape index (κ1) is 34.6. The Labute approximate surface area is 239 Å². The maximum atomic E-state index is 14.8. The zero-order chi connectivity index (χ0) is 30.9. The van der Waals surface area contributed by atoms with Gasteiger partial charge in [0.15, 0.2) is 0 Å². The first-order chi connectivity index (χ1) is 18.3. The van der Waals surface area contributed by atoms with Gasteiger partial charge in [-0.3, -0.25) is 4.90 Å². The van der Waals surface area contributed by atoms with Crippen LogP contribution < -0.4 is 0 Å². The molecule has 0 aliphatic heterocycles. The molecule has 0 fully saturated rings. The van der Waals surface area contributed by atoms with Gasteiger partial charge in [0.25, 0.3) is 0 Å². The van der Waals surface area contributed by atoms with Crippen molar-refractivity contribution in [3.05, 3.63) is 72.4 Å². The molecule has 1 aromatic carbocycles. The molecule has 0 aliphatic rings. The van der Waals surface area contributed by atoms with E-state index >= 15 is 0 Å². The summed E-state index contributed by atoms with van der Waals surface area (Å²) >= 11 is 0. The first-order valence-corrected chi connectivity index (χ1v) is 13.3. The SMILES string of the molecule is C=C/C=C(\C=C)COC(=O)[C@@H](Cc1ccc(C(C)(C)C)cc1)OC(=O)[C@H](CC(C)(C)F)N(C)C(=O)OC(C)(C)C. The van der Waals surface area contributed by atoms with Gasteiger partial charge >= 0.3 is 18.0 Å². The number of esters is 2. The molecular formula is C32H46FNO6. The van der Waals surface area contributed by atoms with Gasteiger partial charge in [-0.2, -0.15) is 0 Å². The van der Waals surface area contributed by atoms with Crippen LogP contribution in [0.4, 0.5) is 9.18 Å². The zero-order valence-corrected chi connectivity index (χ0v) is 25.5. The summed E-state index contributed by atoms with van der Waals surface area (Å²) in [6.45, 7) is 21.1. The highest BCUT2D eigenvalue weighted by molar-refractivity contribution is 5.85. The number of rotatable bonds is 12. The van der Waals surface area contributed by atoms with Crippen molar-refractivity contribution in [2.24, 2.45) is 0 Å². The molecule has 0 saturated carbocycles. The second-order valence-electron chi connectivity index (χ2n) is 12.4. The minimum atomic E-state index is -1.83.